The van der Waals surface area contributed by atoms with Crippen molar-refractivity contribution in [1.29, 1.82) is 0 Å². The lowest BCUT2D eigenvalue weighted by Crippen LogP contribution is -2.43. The van der Waals surface area contributed by atoms with Crippen molar-refractivity contribution in [3.05, 3.63) is 39.7 Å². The van der Waals surface area contributed by atoms with E-state index >= 15 is 0 Å². The minimum Gasteiger partial charge on any atom is -0.491 e. The summed E-state index contributed by atoms with van der Waals surface area (Å²) in [4.78, 5) is 37.9. The van der Waals surface area contributed by atoms with Crippen molar-refractivity contribution in [3.63, 3.8) is 0 Å². The Balaban J connectivity index is 2.14. The Morgan fingerprint density at radius 1 is 1.27 bits per heavy atom. The second-order valence-corrected chi connectivity index (χ2v) is 7.79. The van der Waals surface area contributed by atoms with Crippen molar-refractivity contribution in [3.8, 4) is 5.75 Å². The Morgan fingerprint density at radius 2 is 1.93 bits per heavy atom. The van der Waals surface area contributed by atoms with E-state index in [0.717, 1.165) is 18.9 Å². The number of hydrogen-bond donors (Lipinski definition) is 1. The Labute approximate surface area is 172 Å². The highest BCUT2D eigenvalue weighted by atomic mass is 19.2. The molecule has 1 aromatic heterocycles. The van der Waals surface area contributed by atoms with Gasteiger partial charge in [-0.15, -0.1) is 0 Å². The summed E-state index contributed by atoms with van der Waals surface area (Å²) in [6, 6.07) is -0.228. The smallest absolute Gasteiger partial charge is 0.328 e. The first-order valence-corrected chi connectivity index (χ1v) is 9.69. The molecule has 0 saturated heterocycles. The van der Waals surface area contributed by atoms with E-state index in [1.165, 1.54) is 20.4 Å². The molecule has 1 atom stereocenters. The highest BCUT2D eigenvalue weighted by Gasteiger charge is 2.31. The summed E-state index contributed by atoms with van der Waals surface area (Å²) in [5, 5.41) is 2.37. The molecule has 1 aliphatic rings. The van der Waals surface area contributed by atoms with Gasteiger partial charge in [-0.25, -0.2) is 9.18 Å². The Hall–Kier alpha value is -2.97. The van der Waals surface area contributed by atoms with Gasteiger partial charge < -0.3 is 19.4 Å². The van der Waals surface area contributed by atoms with Crippen LogP contribution in [0.4, 0.5) is 8.78 Å². The maximum absolute atomic E-state index is 14.3. The van der Waals surface area contributed by atoms with Gasteiger partial charge in [-0.05, 0) is 31.2 Å². The fourth-order valence-corrected chi connectivity index (χ4v) is 3.48. The number of rotatable bonds is 7. The van der Waals surface area contributed by atoms with Crippen LogP contribution in [0.25, 0.3) is 10.9 Å². The summed E-state index contributed by atoms with van der Waals surface area (Å²) in [6.07, 6.45) is 3.16. The van der Waals surface area contributed by atoms with E-state index in [1.54, 1.807) is 4.57 Å². The monoisotopic (exact) mass is 422 g/mol. The average molecular weight is 422 g/mol. The number of amides is 1. The van der Waals surface area contributed by atoms with Gasteiger partial charge in [0.05, 0.1) is 25.1 Å². The van der Waals surface area contributed by atoms with Crippen molar-refractivity contribution >= 4 is 22.8 Å². The van der Waals surface area contributed by atoms with Crippen LogP contribution in [0.3, 0.4) is 0 Å². The third kappa shape index (κ3) is 4.01. The molecule has 2 aromatic rings. The lowest BCUT2D eigenvalue weighted by molar-refractivity contribution is -0.143. The Kier molecular flexibility index (Phi) is 6.09. The minimum absolute atomic E-state index is 0.0644. The van der Waals surface area contributed by atoms with Crippen LogP contribution in [-0.4, -0.2) is 36.7 Å². The van der Waals surface area contributed by atoms with Crippen molar-refractivity contribution < 1.29 is 27.8 Å². The molecule has 7 nitrogen and oxygen atoms in total. The van der Waals surface area contributed by atoms with E-state index in [0.29, 0.717) is 6.42 Å². The van der Waals surface area contributed by atoms with Gasteiger partial charge in [0.15, 0.2) is 11.6 Å². The largest absolute Gasteiger partial charge is 0.491 e. The van der Waals surface area contributed by atoms with Gasteiger partial charge in [-0.1, -0.05) is 13.8 Å². The lowest BCUT2D eigenvalue weighted by atomic mass is 10.0. The number of hydrogen-bond acceptors (Lipinski definition) is 5. The van der Waals surface area contributed by atoms with Crippen molar-refractivity contribution in [2.75, 3.05) is 14.2 Å². The fourth-order valence-electron chi connectivity index (χ4n) is 3.48. The van der Waals surface area contributed by atoms with Gasteiger partial charge in [0.25, 0.3) is 5.91 Å². The number of halogens is 2. The molecule has 3 rings (SSSR count). The van der Waals surface area contributed by atoms with Gasteiger partial charge in [-0.3, -0.25) is 9.59 Å². The fraction of sp³-hybridized carbons (Fsp3) is 0.476. The van der Waals surface area contributed by atoms with Crippen LogP contribution in [0.2, 0.25) is 0 Å². The second kappa shape index (κ2) is 8.41. The SMILES string of the molecule is COC(=O)[C@@H](CC(C)C)NC(=O)c1cn(C2CC2)c2c(OC)c(F)c(F)cc2c1=O. The van der Waals surface area contributed by atoms with Crippen LogP contribution in [-0.2, 0) is 9.53 Å². The molecule has 162 valence electrons. The zero-order chi connectivity index (χ0) is 22.2. The molecule has 1 N–H and O–H groups in total. The number of nitrogens with one attached hydrogen (secondary N) is 1. The summed E-state index contributed by atoms with van der Waals surface area (Å²) in [5.41, 5.74) is -0.933. The zero-order valence-corrected chi connectivity index (χ0v) is 17.3. The number of pyridine rings is 1. The average Bonchev–Trinajstić information content (AvgIpc) is 3.53. The third-order valence-electron chi connectivity index (χ3n) is 5.05. The number of benzene rings is 1. The third-order valence-corrected chi connectivity index (χ3v) is 5.05. The van der Waals surface area contributed by atoms with Crippen LogP contribution in [0.5, 0.6) is 5.75 Å². The highest BCUT2D eigenvalue weighted by molar-refractivity contribution is 6.00. The molecular weight excluding hydrogens is 398 g/mol. The van der Waals surface area contributed by atoms with E-state index in [9.17, 15) is 23.2 Å². The molecule has 0 bridgehead atoms. The summed E-state index contributed by atoms with van der Waals surface area (Å²) in [6.45, 7) is 3.75. The molecule has 9 heteroatoms. The molecule has 1 aromatic carbocycles. The summed E-state index contributed by atoms with van der Waals surface area (Å²) >= 11 is 0. The number of ether oxygens (including phenoxy) is 2. The maximum atomic E-state index is 14.3. The summed E-state index contributed by atoms with van der Waals surface area (Å²) in [7, 11) is 2.40. The molecule has 0 spiro atoms. The van der Waals surface area contributed by atoms with Crippen LogP contribution in [0.1, 0.15) is 49.5 Å². The topological polar surface area (TPSA) is 86.6 Å². The lowest BCUT2D eigenvalue weighted by Gasteiger charge is -2.20. The Morgan fingerprint density at radius 3 is 2.47 bits per heavy atom. The number of esters is 1. The maximum Gasteiger partial charge on any atom is 0.328 e. The van der Waals surface area contributed by atoms with Gasteiger partial charge in [0.1, 0.15) is 11.6 Å². The van der Waals surface area contributed by atoms with Crippen molar-refractivity contribution in [2.45, 2.75) is 45.2 Å². The van der Waals surface area contributed by atoms with E-state index in [-0.39, 0.29) is 34.2 Å². The quantitative estimate of drug-likeness (QED) is 0.694. The number of carbonyl (C=O) groups is 2. The molecule has 1 saturated carbocycles. The molecule has 30 heavy (non-hydrogen) atoms. The van der Waals surface area contributed by atoms with Crippen LogP contribution < -0.4 is 15.5 Å². The summed E-state index contributed by atoms with van der Waals surface area (Å²) in [5.74, 6) is -4.16. The molecule has 0 radical (unpaired) electrons. The normalized spacial score (nSPS) is 14.6. The molecule has 1 amide bonds. The highest BCUT2D eigenvalue weighted by Crippen LogP contribution is 2.40. The zero-order valence-electron chi connectivity index (χ0n) is 17.3. The number of fused-ring (bicyclic) bond motifs is 1. The van der Waals surface area contributed by atoms with Gasteiger partial charge >= 0.3 is 5.97 Å². The standard InChI is InChI=1S/C21H24F2N2O5/c1-10(2)7-15(21(28)30-4)24-20(27)13-9-25(11-5-6-11)17-12(18(13)26)8-14(22)16(23)19(17)29-3/h8-11,15H,5-7H2,1-4H3,(H,24,27)/t15-/m1/s1. The first-order valence-electron chi connectivity index (χ1n) is 9.69. The van der Waals surface area contributed by atoms with Crippen LogP contribution >= 0.6 is 0 Å². The Bertz CT molecular complexity index is 1060. The molecule has 1 aliphatic carbocycles. The molecular formula is C21H24F2N2O5. The second-order valence-electron chi connectivity index (χ2n) is 7.79. The first kappa shape index (κ1) is 21.7. The number of nitrogens with zero attached hydrogens (tertiary/aromatic N) is 1. The predicted molar refractivity (Wildman–Crippen MR) is 106 cm³/mol. The van der Waals surface area contributed by atoms with E-state index in [2.05, 4.69) is 5.32 Å². The van der Waals surface area contributed by atoms with E-state index in [1.807, 2.05) is 13.8 Å². The van der Waals surface area contributed by atoms with Crippen LogP contribution in [0.15, 0.2) is 17.1 Å². The van der Waals surface area contributed by atoms with Gasteiger partial charge in [0.2, 0.25) is 11.2 Å². The van der Waals surface area contributed by atoms with Crippen molar-refractivity contribution in [1.82, 2.24) is 9.88 Å². The van der Waals surface area contributed by atoms with E-state index < -0.39 is 35.0 Å². The number of aromatic nitrogens is 1. The minimum atomic E-state index is -1.25. The van der Waals surface area contributed by atoms with Crippen LogP contribution in [0, 0.1) is 17.6 Å². The molecule has 0 aliphatic heterocycles. The number of carbonyl (C=O) groups excluding carboxylic acids is 2. The van der Waals surface area contributed by atoms with Gasteiger partial charge in [-0.2, -0.15) is 4.39 Å². The first-order chi connectivity index (χ1) is 14.2. The van der Waals surface area contributed by atoms with Crippen molar-refractivity contribution in [2.24, 2.45) is 5.92 Å². The summed E-state index contributed by atoms with van der Waals surface area (Å²) < 4.78 is 39.7. The molecule has 1 fully saturated rings. The molecule has 0 unspecified atom stereocenters. The van der Waals surface area contributed by atoms with Gasteiger partial charge in [0, 0.05) is 12.2 Å². The molecule has 1 heterocycles. The van der Waals surface area contributed by atoms with E-state index in [4.69, 9.17) is 9.47 Å². The number of methoxy groups -OCH3 is 2. The predicted octanol–water partition coefficient (Wildman–Crippen LogP) is 2.94.